The number of para-hydroxylation sites is 1. The Balaban J connectivity index is 1.41. The number of hydrogen-bond acceptors (Lipinski definition) is 5. The van der Waals surface area contributed by atoms with Crippen LogP contribution in [0.25, 0.3) is 0 Å². The van der Waals surface area contributed by atoms with Crippen molar-refractivity contribution in [3.05, 3.63) is 77.1 Å². The molecule has 9 heteroatoms. The summed E-state index contributed by atoms with van der Waals surface area (Å²) in [5, 5.41) is 0. The number of halogens is 3. The molecule has 2 aromatic carbocycles. The number of pyridine rings is 1. The van der Waals surface area contributed by atoms with E-state index < -0.39 is 17.3 Å². The van der Waals surface area contributed by atoms with Gasteiger partial charge in [0.25, 0.3) is 0 Å². The number of carbonyl (C=O) groups is 1. The van der Waals surface area contributed by atoms with Gasteiger partial charge < -0.3 is 19.1 Å². The Morgan fingerprint density at radius 2 is 1.70 bits per heavy atom. The molecule has 3 aromatic rings. The molecule has 0 N–H and O–H groups in total. The quantitative estimate of drug-likeness (QED) is 0.584. The zero-order valence-corrected chi connectivity index (χ0v) is 17.2. The number of rotatable bonds is 2. The van der Waals surface area contributed by atoms with Gasteiger partial charge in [-0.1, -0.05) is 24.3 Å². The van der Waals surface area contributed by atoms with Crippen molar-refractivity contribution < 1.29 is 32.2 Å². The fourth-order valence-electron chi connectivity index (χ4n) is 4.74. The highest BCUT2D eigenvalue weighted by Gasteiger charge is 2.57. The lowest BCUT2D eigenvalue weighted by Gasteiger charge is -2.24. The summed E-state index contributed by atoms with van der Waals surface area (Å²) in [6.45, 7) is 1.05. The third kappa shape index (κ3) is 2.88. The molecule has 168 valence electrons. The van der Waals surface area contributed by atoms with Crippen LogP contribution in [0.4, 0.5) is 18.9 Å². The van der Waals surface area contributed by atoms with E-state index in [4.69, 9.17) is 14.2 Å². The lowest BCUT2D eigenvalue weighted by atomic mass is 9.77. The van der Waals surface area contributed by atoms with Crippen LogP contribution in [0.15, 0.2) is 54.7 Å². The molecule has 1 unspecified atom stereocenters. The summed E-state index contributed by atoms with van der Waals surface area (Å²) < 4.78 is 56.0. The fraction of sp³-hybridized carbons (Fsp3) is 0.250. The molecule has 0 aliphatic carbocycles. The minimum absolute atomic E-state index is 0.0859. The average Bonchev–Trinajstić information content (AvgIpc) is 3.30. The molecule has 0 bridgehead atoms. The summed E-state index contributed by atoms with van der Waals surface area (Å²) in [5.41, 5.74) is 0.614. The van der Waals surface area contributed by atoms with Crippen molar-refractivity contribution in [1.29, 1.82) is 0 Å². The van der Waals surface area contributed by atoms with E-state index in [1.165, 1.54) is 6.07 Å². The molecule has 1 aromatic heterocycles. The number of ether oxygens (including phenoxy) is 3. The summed E-state index contributed by atoms with van der Waals surface area (Å²) in [7, 11) is 0. The van der Waals surface area contributed by atoms with Crippen molar-refractivity contribution in [2.45, 2.75) is 18.1 Å². The zero-order chi connectivity index (χ0) is 22.8. The normalized spacial score (nSPS) is 20.6. The van der Waals surface area contributed by atoms with Crippen LogP contribution in [0.5, 0.6) is 17.2 Å². The van der Waals surface area contributed by atoms with Crippen LogP contribution >= 0.6 is 0 Å². The van der Waals surface area contributed by atoms with E-state index in [9.17, 15) is 18.0 Å². The van der Waals surface area contributed by atoms with Crippen LogP contribution in [0.2, 0.25) is 0 Å². The highest BCUT2D eigenvalue weighted by Crippen LogP contribution is 2.55. The molecule has 4 heterocycles. The van der Waals surface area contributed by atoms with Crippen molar-refractivity contribution in [2.75, 3.05) is 24.7 Å². The number of amides is 1. The fourth-order valence-corrected chi connectivity index (χ4v) is 4.74. The van der Waals surface area contributed by atoms with Crippen molar-refractivity contribution in [2.24, 2.45) is 0 Å². The summed E-state index contributed by atoms with van der Waals surface area (Å²) in [6.07, 6.45) is -3.36. The molecular formula is C24H17F3N2O4. The van der Waals surface area contributed by atoms with E-state index in [0.717, 1.165) is 17.8 Å². The van der Waals surface area contributed by atoms with Crippen LogP contribution in [0, 0.1) is 0 Å². The minimum atomic E-state index is -4.52. The minimum Gasteiger partial charge on any atom is -0.491 e. The number of alkyl halides is 3. The van der Waals surface area contributed by atoms with Gasteiger partial charge in [0.05, 0.1) is 6.54 Å². The predicted molar refractivity (Wildman–Crippen MR) is 111 cm³/mol. The molecule has 0 saturated carbocycles. The second kappa shape index (κ2) is 6.87. The van der Waals surface area contributed by atoms with Crippen LogP contribution in [-0.4, -0.2) is 30.7 Å². The van der Waals surface area contributed by atoms with Gasteiger partial charge in [-0.2, -0.15) is 13.2 Å². The van der Waals surface area contributed by atoms with Gasteiger partial charge in [0.15, 0.2) is 11.5 Å². The van der Waals surface area contributed by atoms with Gasteiger partial charge in [0.2, 0.25) is 5.91 Å². The second-order valence-electron chi connectivity index (χ2n) is 8.14. The van der Waals surface area contributed by atoms with Crippen LogP contribution in [0.1, 0.15) is 22.4 Å². The Labute approximate surface area is 186 Å². The molecule has 3 aliphatic rings. The third-order valence-corrected chi connectivity index (χ3v) is 6.27. The summed E-state index contributed by atoms with van der Waals surface area (Å²) in [5.74, 6) is 1.48. The number of fused-ring (bicyclic) bond motifs is 5. The predicted octanol–water partition coefficient (Wildman–Crippen LogP) is 4.10. The number of aromatic nitrogens is 1. The molecular weight excluding hydrogens is 437 g/mol. The largest absolute Gasteiger partial charge is 0.491 e. The molecule has 0 saturated heterocycles. The first-order valence-electron chi connectivity index (χ1n) is 10.4. The van der Waals surface area contributed by atoms with E-state index >= 15 is 0 Å². The molecule has 3 aliphatic heterocycles. The van der Waals surface area contributed by atoms with E-state index in [-0.39, 0.29) is 19.1 Å². The molecule has 0 fully saturated rings. The lowest BCUT2D eigenvalue weighted by Crippen LogP contribution is -2.42. The highest BCUT2D eigenvalue weighted by atomic mass is 19.4. The molecule has 1 atom stereocenters. The van der Waals surface area contributed by atoms with Crippen LogP contribution in [0.3, 0.4) is 0 Å². The monoisotopic (exact) mass is 454 g/mol. The summed E-state index contributed by atoms with van der Waals surface area (Å²) >= 11 is 0. The van der Waals surface area contributed by atoms with E-state index in [2.05, 4.69) is 4.98 Å². The van der Waals surface area contributed by atoms with Gasteiger partial charge in [0.1, 0.15) is 36.7 Å². The number of nitrogens with zero attached hydrogens (tertiary/aromatic N) is 2. The Hall–Kier alpha value is -3.75. The van der Waals surface area contributed by atoms with E-state index in [1.807, 2.05) is 24.3 Å². The molecule has 6 nitrogen and oxygen atoms in total. The van der Waals surface area contributed by atoms with Gasteiger partial charge >= 0.3 is 6.18 Å². The maximum absolute atomic E-state index is 13.9. The molecule has 33 heavy (non-hydrogen) atoms. The van der Waals surface area contributed by atoms with Crippen molar-refractivity contribution in [3.8, 4) is 17.2 Å². The maximum Gasteiger partial charge on any atom is 0.433 e. The highest BCUT2D eigenvalue weighted by molar-refractivity contribution is 6.11. The Morgan fingerprint density at radius 1 is 0.939 bits per heavy atom. The molecule has 0 radical (unpaired) electrons. The van der Waals surface area contributed by atoms with Crippen molar-refractivity contribution >= 4 is 11.6 Å². The second-order valence-corrected chi connectivity index (χ2v) is 8.14. The first-order chi connectivity index (χ1) is 15.9. The van der Waals surface area contributed by atoms with E-state index in [0.29, 0.717) is 47.3 Å². The summed E-state index contributed by atoms with van der Waals surface area (Å²) in [4.78, 5) is 19.0. The van der Waals surface area contributed by atoms with Gasteiger partial charge in [-0.25, -0.2) is 0 Å². The van der Waals surface area contributed by atoms with Crippen molar-refractivity contribution in [3.63, 3.8) is 0 Å². The first kappa shape index (κ1) is 19.9. The van der Waals surface area contributed by atoms with Crippen LogP contribution in [-0.2, 0) is 22.9 Å². The van der Waals surface area contributed by atoms with Gasteiger partial charge in [0, 0.05) is 23.5 Å². The standard InChI is InChI=1S/C24H17F3N2O4/c25-24(26,27)21-6-5-14(11-28-21)12-29-17-4-2-1-3-15(17)23(22(29)30)13-33-18-10-20-19(9-16(18)23)31-7-8-32-20/h1-6,9-11H,7-8,12-13H2. The molecule has 6 rings (SSSR count). The number of hydrogen-bond donors (Lipinski definition) is 0. The Morgan fingerprint density at radius 3 is 2.42 bits per heavy atom. The SMILES string of the molecule is O=C1N(Cc2ccc(C(F)(F)F)nc2)c2ccccc2C12COc1cc3c(cc12)OCCO3. The van der Waals surface area contributed by atoms with Gasteiger partial charge in [-0.15, -0.1) is 0 Å². The van der Waals surface area contributed by atoms with Crippen molar-refractivity contribution in [1.82, 2.24) is 4.98 Å². The first-order valence-corrected chi connectivity index (χ1v) is 10.4. The molecule has 1 spiro atoms. The topological polar surface area (TPSA) is 60.9 Å². The number of anilines is 1. The van der Waals surface area contributed by atoms with Crippen LogP contribution < -0.4 is 19.1 Å². The van der Waals surface area contributed by atoms with Gasteiger partial charge in [-0.05, 0) is 29.3 Å². The van der Waals surface area contributed by atoms with E-state index in [1.54, 1.807) is 17.0 Å². The lowest BCUT2D eigenvalue weighted by molar-refractivity contribution is -0.141. The average molecular weight is 454 g/mol. The number of benzene rings is 2. The maximum atomic E-state index is 13.9. The summed E-state index contributed by atoms with van der Waals surface area (Å²) in [6, 6.07) is 13.2. The third-order valence-electron chi connectivity index (χ3n) is 6.27. The van der Waals surface area contributed by atoms with Gasteiger partial charge in [-0.3, -0.25) is 9.78 Å². The Kier molecular flexibility index (Phi) is 4.14. The zero-order valence-electron chi connectivity index (χ0n) is 17.2. The smallest absolute Gasteiger partial charge is 0.433 e. The Bertz CT molecular complexity index is 1280. The number of carbonyl (C=O) groups excluding carboxylic acids is 1. The molecule has 1 amide bonds.